The maximum atomic E-state index is 13.2. The highest BCUT2D eigenvalue weighted by molar-refractivity contribution is 5.93. The number of hydrogen-bond acceptors (Lipinski definition) is 11. The second-order valence-electron chi connectivity index (χ2n) is 16.5. The van der Waals surface area contributed by atoms with E-state index in [1.165, 1.54) is 58.5 Å². The molecule has 0 unspecified atom stereocenters. The highest BCUT2D eigenvalue weighted by atomic mass is 16.6. The van der Waals surface area contributed by atoms with E-state index in [4.69, 9.17) is 28.4 Å². The Bertz CT molecular complexity index is 2570. The first-order chi connectivity index (χ1) is 33.8. The predicted octanol–water partition coefficient (Wildman–Crippen LogP) is 14.3. The SMILES string of the molecule is CCCCCCCCOc1ccc(C(=O)Oc2ccc(C=Nc3ccc(C(=O)Oc4cc(C=Nc5ccc(OC(=O)c6ccc(OCCCCCCCC)cc6)cc5)ccc4OC)cc3)cc2)cc1. The molecule has 11 nitrogen and oxygen atoms in total. The molecule has 0 aliphatic rings. The number of methoxy groups -OCH3 is 1. The molecule has 0 atom stereocenters. The standard InChI is InChI=1S/C58H62N2O9/c1-4-6-8-10-12-14-38-65-50-31-21-46(22-32-50)56(61)67-52-29-16-43(17-30-52)41-59-48-25-19-45(20-26-48)58(63)69-55-40-44(18-37-54(55)64-3)42-60-49-27-35-53(36-28-49)68-57(62)47-23-33-51(34-24-47)66-39-15-13-11-9-7-5-2/h16-37,40-42H,4-15,38-39H2,1-3H3. The van der Waals surface area contributed by atoms with Crippen molar-refractivity contribution in [2.45, 2.75) is 90.9 Å². The third-order valence-electron chi connectivity index (χ3n) is 11.1. The summed E-state index contributed by atoms with van der Waals surface area (Å²) in [5.41, 5.74) is 3.88. The molecule has 0 heterocycles. The minimum Gasteiger partial charge on any atom is -0.494 e. The van der Waals surface area contributed by atoms with E-state index in [0.29, 0.717) is 64.1 Å². The second kappa shape index (κ2) is 28.0. The molecule has 0 N–H and O–H groups in total. The van der Waals surface area contributed by atoms with Crippen molar-refractivity contribution in [3.8, 4) is 34.5 Å². The average Bonchev–Trinajstić information content (AvgIpc) is 3.38. The van der Waals surface area contributed by atoms with Crippen LogP contribution in [-0.2, 0) is 0 Å². The smallest absolute Gasteiger partial charge is 0.343 e. The molecule has 0 aliphatic heterocycles. The Hall–Kier alpha value is -7.53. The Labute approximate surface area is 406 Å². The molecule has 0 fully saturated rings. The summed E-state index contributed by atoms with van der Waals surface area (Å²) in [5, 5.41) is 0. The van der Waals surface area contributed by atoms with Crippen LogP contribution >= 0.6 is 0 Å². The minimum absolute atomic E-state index is 0.226. The molecular weight excluding hydrogens is 869 g/mol. The zero-order chi connectivity index (χ0) is 48.5. The first-order valence-electron chi connectivity index (χ1n) is 24.0. The van der Waals surface area contributed by atoms with Gasteiger partial charge in [-0.3, -0.25) is 9.98 Å². The second-order valence-corrected chi connectivity index (χ2v) is 16.5. The fraction of sp³-hybridized carbons (Fsp3) is 0.293. The number of hydrogen-bond donors (Lipinski definition) is 0. The third kappa shape index (κ3) is 17.3. The molecule has 6 aromatic rings. The minimum atomic E-state index is -0.575. The fourth-order valence-electron chi connectivity index (χ4n) is 7.07. The molecule has 0 saturated heterocycles. The molecule has 11 heteroatoms. The number of ether oxygens (including phenoxy) is 6. The van der Waals surface area contributed by atoms with Crippen LogP contribution in [0, 0.1) is 0 Å². The highest BCUT2D eigenvalue weighted by Gasteiger charge is 2.14. The molecule has 6 rings (SSSR count). The number of esters is 3. The Morgan fingerprint density at radius 2 is 0.783 bits per heavy atom. The molecule has 0 radical (unpaired) electrons. The van der Waals surface area contributed by atoms with Crippen LogP contribution in [0.25, 0.3) is 0 Å². The Kier molecular flexibility index (Phi) is 20.6. The van der Waals surface area contributed by atoms with Crippen molar-refractivity contribution in [3.63, 3.8) is 0 Å². The number of aliphatic imine (C=N–C) groups is 2. The number of rotatable bonds is 27. The van der Waals surface area contributed by atoms with Gasteiger partial charge in [0.1, 0.15) is 23.0 Å². The number of unbranched alkanes of at least 4 members (excludes halogenated alkanes) is 10. The first kappa shape index (κ1) is 50.9. The zero-order valence-corrected chi connectivity index (χ0v) is 39.9. The van der Waals surface area contributed by atoms with Crippen LogP contribution in [-0.4, -0.2) is 50.7 Å². The molecule has 69 heavy (non-hydrogen) atoms. The lowest BCUT2D eigenvalue weighted by molar-refractivity contribution is 0.0722. The van der Waals surface area contributed by atoms with Gasteiger partial charge in [0, 0.05) is 12.4 Å². The van der Waals surface area contributed by atoms with E-state index in [1.54, 1.807) is 152 Å². The van der Waals surface area contributed by atoms with Crippen LogP contribution in [0.3, 0.4) is 0 Å². The topological polar surface area (TPSA) is 131 Å². The van der Waals surface area contributed by atoms with Crippen molar-refractivity contribution in [1.82, 2.24) is 0 Å². The van der Waals surface area contributed by atoms with Crippen molar-refractivity contribution >= 4 is 41.7 Å². The number of nitrogens with zero attached hydrogens (tertiary/aromatic N) is 2. The van der Waals surface area contributed by atoms with Gasteiger partial charge >= 0.3 is 17.9 Å². The van der Waals surface area contributed by atoms with Gasteiger partial charge in [0.25, 0.3) is 0 Å². The highest BCUT2D eigenvalue weighted by Crippen LogP contribution is 2.30. The van der Waals surface area contributed by atoms with Crippen molar-refractivity contribution in [1.29, 1.82) is 0 Å². The monoisotopic (exact) mass is 930 g/mol. The van der Waals surface area contributed by atoms with Gasteiger partial charge in [0.2, 0.25) is 0 Å². The van der Waals surface area contributed by atoms with Crippen LogP contribution in [0.15, 0.2) is 150 Å². The van der Waals surface area contributed by atoms with Gasteiger partial charge in [-0.1, -0.05) is 78.1 Å². The number of benzene rings is 6. The van der Waals surface area contributed by atoms with E-state index in [2.05, 4.69) is 23.8 Å². The molecule has 358 valence electrons. The number of carbonyl (C=O) groups excluding carboxylic acids is 3. The van der Waals surface area contributed by atoms with Gasteiger partial charge in [0.05, 0.1) is 48.4 Å². The Morgan fingerprint density at radius 3 is 1.26 bits per heavy atom. The van der Waals surface area contributed by atoms with Crippen LogP contribution in [0.2, 0.25) is 0 Å². The average molecular weight is 931 g/mol. The van der Waals surface area contributed by atoms with Gasteiger partial charge in [0.15, 0.2) is 11.5 Å². The summed E-state index contributed by atoms with van der Waals surface area (Å²) in [5.74, 6) is 1.35. The van der Waals surface area contributed by atoms with Crippen LogP contribution < -0.4 is 28.4 Å². The normalized spacial score (nSPS) is 11.1. The van der Waals surface area contributed by atoms with Crippen molar-refractivity contribution in [2.75, 3.05) is 20.3 Å². The molecule has 0 amide bonds. The predicted molar refractivity (Wildman–Crippen MR) is 272 cm³/mol. The van der Waals surface area contributed by atoms with Gasteiger partial charge in [-0.05, 0) is 163 Å². The summed E-state index contributed by atoms with van der Waals surface area (Å²) in [4.78, 5) is 47.9. The lowest BCUT2D eigenvalue weighted by Crippen LogP contribution is -2.09. The zero-order valence-electron chi connectivity index (χ0n) is 39.9. The van der Waals surface area contributed by atoms with E-state index in [1.807, 2.05) is 0 Å². The van der Waals surface area contributed by atoms with Gasteiger partial charge in [-0.15, -0.1) is 0 Å². The van der Waals surface area contributed by atoms with Crippen molar-refractivity contribution < 1.29 is 42.8 Å². The summed E-state index contributed by atoms with van der Waals surface area (Å²) in [7, 11) is 1.50. The number of carbonyl (C=O) groups is 3. The van der Waals surface area contributed by atoms with Crippen molar-refractivity contribution in [3.05, 3.63) is 167 Å². The summed E-state index contributed by atoms with van der Waals surface area (Å²) in [6, 6.07) is 39.6. The van der Waals surface area contributed by atoms with Crippen LogP contribution in [0.1, 0.15) is 133 Å². The summed E-state index contributed by atoms with van der Waals surface area (Å²) < 4.78 is 34.0. The third-order valence-corrected chi connectivity index (χ3v) is 11.1. The van der Waals surface area contributed by atoms with E-state index in [-0.39, 0.29) is 5.75 Å². The molecule has 0 bridgehead atoms. The summed E-state index contributed by atoms with van der Waals surface area (Å²) in [6.45, 7) is 5.74. The maximum Gasteiger partial charge on any atom is 0.343 e. The van der Waals surface area contributed by atoms with Crippen LogP contribution in [0.4, 0.5) is 11.4 Å². The Morgan fingerprint density at radius 1 is 0.406 bits per heavy atom. The maximum absolute atomic E-state index is 13.2. The summed E-state index contributed by atoms with van der Waals surface area (Å²) in [6.07, 6.45) is 17.7. The molecule has 0 saturated carbocycles. The van der Waals surface area contributed by atoms with E-state index in [0.717, 1.165) is 42.7 Å². The van der Waals surface area contributed by atoms with E-state index >= 15 is 0 Å². The molecule has 0 aliphatic carbocycles. The van der Waals surface area contributed by atoms with Crippen LogP contribution in [0.5, 0.6) is 34.5 Å². The molecule has 0 aromatic heterocycles. The molecule has 6 aromatic carbocycles. The summed E-state index contributed by atoms with van der Waals surface area (Å²) >= 11 is 0. The van der Waals surface area contributed by atoms with Crippen molar-refractivity contribution in [2.24, 2.45) is 9.98 Å². The quantitative estimate of drug-likeness (QED) is 0.0214. The van der Waals surface area contributed by atoms with E-state index in [9.17, 15) is 14.4 Å². The molecule has 0 spiro atoms. The lowest BCUT2D eigenvalue weighted by atomic mass is 10.1. The van der Waals surface area contributed by atoms with Gasteiger partial charge in [-0.25, -0.2) is 14.4 Å². The van der Waals surface area contributed by atoms with Gasteiger partial charge in [-0.2, -0.15) is 0 Å². The lowest BCUT2D eigenvalue weighted by Gasteiger charge is -2.10. The molecular formula is C58H62N2O9. The van der Waals surface area contributed by atoms with Gasteiger partial charge < -0.3 is 28.4 Å². The fourth-order valence-corrected chi connectivity index (χ4v) is 7.07. The largest absolute Gasteiger partial charge is 0.494 e. The Balaban J connectivity index is 0.938. The van der Waals surface area contributed by atoms with E-state index < -0.39 is 17.9 Å². The first-order valence-corrected chi connectivity index (χ1v) is 24.0.